The van der Waals surface area contributed by atoms with Crippen molar-refractivity contribution in [3.8, 4) is 0 Å². The molecule has 2 aliphatic rings. The van der Waals surface area contributed by atoms with Crippen molar-refractivity contribution >= 4 is 17.0 Å². The zero-order chi connectivity index (χ0) is 17.4. The van der Waals surface area contributed by atoms with E-state index in [2.05, 4.69) is 20.4 Å². The van der Waals surface area contributed by atoms with Crippen molar-refractivity contribution in [3.05, 3.63) is 23.0 Å². The number of amides is 1. The predicted molar refractivity (Wildman–Crippen MR) is 95.5 cm³/mol. The quantitative estimate of drug-likeness (QED) is 0.929. The van der Waals surface area contributed by atoms with Crippen molar-refractivity contribution in [2.45, 2.75) is 52.0 Å². The Morgan fingerprint density at radius 3 is 3.00 bits per heavy atom. The first kappa shape index (κ1) is 16.5. The number of fused-ring (bicyclic) bond motifs is 2. The van der Waals surface area contributed by atoms with E-state index >= 15 is 0 Å². The van der Waals surface area contributed by atoms with Gasteiger partial charge in [0.15, 0.2) is 0 Å². The number of nitrogens with one attached hydrogen (secondary N) is 1. The maximum atomic E-state index is 12.8. The van der Waals surface area contributed by atoms with E-state index in [9.17, 15) is 4.79 Å². The average molecular weight is 342 g/mol. The summed E-state index contributed by atoms with van der Waals surface area (Å²) in [5.41, 5.74) is 2.55. The van der Waals surface area contributed by atoms with Gasteiger partial charge in [-0.15, -0.1) is 0 Å². The SMILES string of the molecule is Cc1cc(C(=O)NC[C@@H]2CCCN3CCCC[C@H]23)c2c(C)noc2n1. The van der Waals surface area contributed by atoms with Gasteiger partial charge in [-0.3, -0.25) is 4.79 Å². The van der Waals surface area contributed by atoms with E-state index in [1.165, 1.54) is 45.2 Å². The molecule has 2 saturated heterocycles. The fourth-order valence-electron chi connectivity index (χ4n) is 4.53. The van der Waals surface area contributed by atoms with Crippen LogP contribution in [0, 0.1) is 19.8 Å². The summed E-state index contributed by atoms with van der Waals surface area (Å²) in [5, 5.41) is 7.86. The standard InChI is InChI=1S/C19H26N4O2/c1-12-10-15(17-13(2)22-25-19(17)21-12)18(24)20-11-14-6-5-9-23-8-4-3-7-16(14)23/h10,14,16H,3-9,11H2,1-2H3,(H,20,24)/t14-,16+/m0/s1. The number of carbonyl (C=O) groups excluding carboxylic acids is 1. The molecule has 0 unspecified atom stereocenters. The highest BCUT2D eigenvalue weighted by molar-refractivity contribution is 6.06. The lowest BCUT2D eigenvalue weighted by Gasteiger charge is -2.44. The van der Waals surface area contributed by atoms with Gasteiger partial charge in [-0.2, -0.15) is 0 Å². The third-order valence-corrected chi connectivity index (χ3v) is 5.74. The number of hydrogen-bond donors (Lipinski definition) is 1. The number of piperidine rings is 2. The van der Waals surface area contributed by atoms with Crippen LogP contribution in [-0.2, 0) is 0 Å². The van der Waals surface area contributed by atoms with Crippen molar-refractivity contribution in [2.75, 3.05) is 19.6 Å². The minimum atomic E-state index is -0.0465. The highest BCUT2D eigenvalue weighted by Crippen LogP contribution is 2.30. The van der Waals surface area contributed by atoms with Gasteiger partial charge in [-0.25, -0.2) is 4.98 Å². The summed E-state index contributed by atoms with van der Waals surface area (Å²) in [4.78, 5) is 19.8. The predicted octanol–water partition coefficient (Wildman–Crippen LogP) is 2.83. The highest BCUT2D eigenvalue weighted by atomic mass is 16.5. The molecule has 2 aromatic heterocycles. The van der Waals surface area contributed by atoms with Crippen LogP contribution in [0.2, 0.25) is 0 Å². The van der Waals surface area contributed by atoms with Gasteiger partial charge in [0.05, 0.1) is 16.6 Å². The molecule has 0 spiro atoms. The van der Waals surface area contributed by atoms with Crippen LogP contribution in [0.5, 0.6) is 0 Å². The van der Waals surface area contributed by atoms with E-state index in [0.717, 1.165) is 17.6 Å². The van der Waals surface area contributed by atoms with E-state index in [1.54, 1.807) is 0 Å². The summed E-state index contributed by atoms with van der Waals surface area (Å²) in [6, 6.07) is 2.47. The van der Waals surface area contributed by atoms with Crippen LogP contribution in [0.25, 0.3) is 11.1 Å². The van der Waals surface area contributed by atoms with Crippen LogP contribution in [0.15, 0.2) is 10.6 Å². The van der Waals surface area contributed by atoms with Crippen molar-refractivity contribution in [1.82, 2.24) is 20.4 Å². The molecule has 1 N–H and O–H groups in total. The number of carbonyl (C=O) groups is 1. The summed E-state index contributed by atoms with van der Waals surface area (Å²) in [7, 11) is 0. The monoisotopic (exact) mass is 342 g/mol. The van der Waals surface area contributed by atoms with Crippen molar-refractivity contribution in [3.63, 3.8) is 0 Å². The zero-order valence-corrected chi connectivity index (χ0v) is 15.0. The third kappa shape index (κ3) is 3.15. The van der Waals surface area contributed by atoms with Crippen molar-refractivity contribution in [2.24, 2.45) is 5.92 Å². The van der Waals surface area contributed by atoms with E-state index in [4.69, 9.17) is 4.52 Å². The number of hydrogen-bond acceptors (Lipinski definition) is 5. The molecule has 2 atom stereocenters. The van der Waals surface area contributed by atoms with Gasteiger partial charge in [-0.05, 0) is 64.6 Å². The Morgan fingerprint density at radius 2 is 2.12 bits per heavy atom. The summed E-state index contributed by atoms with van der Waals surface area (Å²) in [6.07, 6.45) is 6.34. The van der Waals surface area contributed by atoms with Crippen LogP contribution in [0.1, 0.15) is 53.8 Å². The van der Waals surface area contributed by atoms with E-state index in [0.29, 0.717) is 28.9 Å². The Labute approximate surface area is 148 Å². The molecule has 0 bridgehead atoms. The molecule has 4 rings (SSSR count). The van der Waals surface area contributed by atoms with Crippen LogP contribution in [0.3, 0.4) is 0 Å². The third-order valence-electron chi connectivity index (χ3n) is 5.74. The van der Waals surface area contributed by atoms with Gasteiger partial charge in [0, 0.05) is 18.3 Å². The van der Waals surface area contributed by atoms with E-state index in [1.807, 2.05) is 19.9 Å². The molecule has 0 radical (unpaired) electrons. The molecule has 6 nitrogen and oxygen atoms in total. The number of pyridine rings is 1. The fraction of sp³-hybridized carbons (Fsp3) is 0.632. The zero-order valence-electron chi connectivity index (χ0n) is 15.0. The van der Waals surface area contributed by atoms with Crippen molar-refractivity contribution in [1.29, 1.82) is 0 Å². The van der Waals surface area contributed by atoms with E-state index in [-0.39, 0.29) is 5.91 Å². The van der Waals surface area contributed by atoms with Gasteiger partial charge in [-0.1, -0.05) is 11.6 Å². The molecule has 25 heavy (non-hydrogen) atoms. The summed E-state index contributed by atoms with van der Waals surface area (Å²) in [6.45, 7) is 6.90. The Hall–Kier alpha value is -1.95. The normalized spacial score (nSPS) is 24.2. The van der Waals surface area contributed by atoms with Crippen LogP contribution < -0.4 is 5.32 Å². The van der Waals surface area contributed by atoms with Gasteiger partial charge < -0.3 is 14.7 Å². The molecule has 6 heteroatoms. The van der Waals surface area contributed by atoms with Crippen molar-refractivity contribution < 1.29 is 9.32 Å². The molecule has 2 aromatic rings. The van der Waals surface area contributed by atoms with Gasteiger partial charge in [0.2, 0.25) is 0 Å². The smallest absolute Gasteiger partial charge is 0.258 e. The van der Waals surface area contributed by atoms with Gasteiger partial charge in [0.1, 0.15) is 0 Å². The van der Waals surface area contributed by atoms with E-state index < -0.39 is 0 Å². The Morgan fingerprint density at radius 1 is 1.28 bits per heavy atom. The number of aryl methyl sites for hydroxylation is 2. The highest BCUT2D eigenvalue weighted by Gasteiger charge is 2.33. The Balaban J connectivity index is 1.50. The molecule has 2 aliphatic heterocycles. The molecule has 1 amide bonds. The molecule has 0 aliphatic carbocycles. The Bertz CT molecular complexity index is 783. The van der Waals surface area contributed by atoms with Crippen LogP contribution in [0.4, 0.5) is 0 Å². The maximum Gasteiger partial charge on any atom is 0.258 e. The van der Waals surface area contributed by atoms with Crippen LogP contribution >= 0.6 is 0 Å². The first-order valence-corrected chi connectivity index (χ1v) is 9.39. The molecular formula is C19H26N4O2. The summed E-state index contributed by atoms with van der Waals surface area (Å²) in [5.74, 6) is 0.509. The lowest BCUT2D eigenvalue weighted by molar-refractivity contribution is 0.0576. The summed E-state index contributed by atoms with van der Waals surface area (Å²) < 4.78 is 5.24. The first-order chi connectivity index (χ1) is 12.1. The minimum Gasteiger partial charge on any atom is -0.352 e. The second-order valence-corrected chi connectivity index (χ2v) is 7.47. The lowest BCUT2D eigenvalue weighted by Crippen LogP contribution is -2.51. The molecule has 2 fully saturated rings. The fourth-order valence-corrected chi connectivity index (χ4v) is 4.53. The molecule has 0 saturated carbocycles. The average Bonchev–Trinajstić information content (AvgIpc) is 2.99. The number of nitrogens with zero attached hydrogens (tertiary/aromatic N) is 3. The molecule has 134 valence electrons. The van der Waals surface area contributed by atoms with Crippen LogP contribution in [-0.4, -0.2) is 46.6 Å². The second kappa shape index (κ2) is 6.75. The topological polar surface area (TPSA) is 71.3 Å². The largest absolute Gasteiger partial charge is 0.352 e. The van der Waals surface area contributed by atoms with Gasteiger partial charge >= 0.3 is 0 Å². The minimum absolute atomic E-state index is 0.0465. The van der Waals surface area contributed by atoms with Gasteiger partial charge in [0.25, 0.3) is 11.6 Å². The number of aromatic nitrogens is 2. The lowest BCUT2D eigenvalue weighted by atomic mass is 9.83. The number of rotatable bonds is 3. The Kier molecular flexibility index (Phi) is 4.46. The molecular weight excluding hydrogens is 316 g/mol. The second-order valence-electron chi connectivity index (χ2n) is 7.47. The molecule has 4 heterocycles. The first-order valence-electron chi connectivity index (χ1n) is 9.39. The maximum absolute atomic E-state index is 12.8. The molecule has 0 aromatic carbocycles. The summed E-state index contributed by atoms with van der Waals surface area (Å²) >= 11 is 0.